The first-order valence-electron chi connectivity index (χ1n) is 8.30. The van der Waals surface area contributed by atoms with Crippen molar-refractivity contribution in [3.05, 3.63) is 76.3 Å². The van der Waals surface area contributed by atoms with Crippen molar-refractivity contribution >= 4 is 52.4 Å². The van der Waals surface area contributed by atoms with Crippen LogP contribution in [0.25, 0.3) is 0 Å². The number of anilines is 2. The monoisotopic (exact) mass is 472 g/mol. The highest BCUT2D eigenvalue weighted by molar-refractivity contribution is 8.00. The van der Waals surface area contributed by atoms with Gasteiger partial charge in [0.05, 0.1) is 33.2 Å². The third-order valence-corrected chi connectivity index (χ3v) is 5.26. The summed E-state index contributed by atoms with van der Waals surface area (Å²) in [6.45, 7) is 0. The van der Waals surface area contributed by atoms with E-state index in [1.54, 1.807) is 25.4 Å². The minimum atomic E-state index is -4.58. The number of carbonyl (C=O) groups excluding carboxylic acids is 1. The largest absolute Gasteiger partial charge is 0.417 e. The Hall–Kier alpha value is -2.49. The van der Waals surface area contributed by atoms with Crippen molar-refractivity contribution in [1.82, 2.24) is 9.97 Å². The van der Waals surface area contributed by atoms with Crippen LogP contribution in [0.15, 0.2) is 59.9 Å². The zero-order valence-electron chi connectivity index (χ0n) is 15.2. The molecule has 0 atom stereocenters. The summed E-state index contributed by atoms with van der Waals surface area (Å²) in [5.41, 5.74) is -0.113. The fraction of sp³-hybridized carbons (Fsp3) is 0.105. The lowest BCUT2D eigenvalue weighted by Gasteiger charge is -2.18. The zero-order valence-corrected chi connectivity index (χ0v) is 17.6. The molecule has 0 saturated heterocycles. The summed E-state index contributed by atoms with van der Waals surface area (Å²) >= 11 is 12.5. The van der Waals surface area contributed by atoms with Gasteiger partial charge in [0.15, 0.2) is 5.69 Å². The molecule has 0 spiro atoms. The smallest absolute Gasteiger partial charge is 0.324 e. The van der Waals surface area contributed by atoms with Crippen molar-refractivity contribution in [2.75, 3.05) is 16.7 Å². The lowest BCUT2D eigenvalue weighted by Crippen LogP contribution is -2.27. The number of nitrogens with one attached hydrogen (secondary N) is 1. The fourth-order valence-electron chi connectivity index (χ4n) is 2.41. The standard InChI is InChI=1S/C19H13Cl2F3N4OS/c1-28(12-3-2-6-25-10-12)18(29)17-16(7-11(20)9-26-17)27-30-13-4-5-15(21)14(8-13)19(22,23)24/h2-10,27H,1H3. The van der Waals surface area contributed by atoms with Crippen molar-refractivity contribution in [2.24, 2.45) is 0 Å². The van der Waals surface area contributed by atoms with Gasteiger partial charge in [0.25, 0.3) is 5.91 Å². The number of aromatic nitrogens is 2. The molecule has 0 aliphatic rings. The number of hydrogen-bond acceptors (Lipinski definition) is 5. The van der Waals surface area contributed by atoms with E-state index < -0.39 is 22.7 Å². The van der Waals surface area contributed by atoms with Gasteiger partial charge in [-0.2, -0.15) is 13.2 Å². The van der Waals surface area contributed by atoms with Crippen LogP contribution in [-0.2, 0) is 6.18 Å². The molecule has 0 radical (unpaired) electrons. The van der Waals surface area contributed by atoms with E-state index in [-0.39, 0.29) is 21.3 Å². The molecule has 5 nitrogen and oxygen atoms in total. The summed E-state index contributed by atoms with van der Waals surface area (Å²) in [4.78, 5) is 22.5. The Balaban J connectivity index is 1.85. The van der Waals surface area contributed by atoms with Crippen LogP contribution in [-0.4, -0.2) is 22.9 Å². The van der Waals surface area contributed by atoms with Gasteiger partial charge in [-0.25, -0.2) is 4.98 Å². The Morgan fingerprint density at radius 3 is 2.60 bits per heavy atom. The molecule has 11 heteroatoms. The summed E-state index contributed by atoms with van der Waals surface area (Å²) in [6, 6.07) is 8.36. The number of pyridine rings is 2. The Morgan fingerprint density at radius 2 is 1.93 bits per heavy atom. The van der Waals surface area contributed by atoms with Crippen LogP contribution in [0.3, 0.4) is 0 Å². The second-order valence-corrected chi connectivity index (χ2v) is 7.69. The minimum absolute atomic E-state index is 0.0447. The molecule has 1 aromatic carbocycles. The van der Waals surface area contributed by atoms with Gasteiger partial charge in [0.2, 0.25) is 0 Å². The lowest BCUT2D eigenvalue weighted by molar-refractivity contribution is -0.137. The van der Waals surface area contributed by atoms with Crippen molar-refractivity contribution < 1.29 is 18.0 Å². The molecule has 0 saturated carbocycles. The van der Waals surface area contributed by atoms with Crippen LogP contribution in [0.5, 0.6) is 0 Å². The van der Waals surface area contributed by atoms with E-state index in [0.717, 1.165) is 24.1 Å². The molecular formula is C19H13Cl2F3N4OS. The van der Waals surface area contributed by atoms with Crippen LogP contribution in [0.1, 0.15) is 16.1 Å². The average molecular weight is 473 g/mol. The maximum Gasteiger partial charge on any atom is 0.417 e. The van der Waals surface area contributed by atoms with E-state index in [2.05, 4.69) is 14.7 Å². The fourth-order valence-corrected chi connectivity index (χ4v) is 3.49. The number of carbonyl (C=O) groups is 1. The highest BCUT2D eigenvalue weighted by Crippen LogP contribution is 2.37. The van der Waals surface area contributed by atoms with E-state index >= 15 is 0 Å². The molecule has 0 unspecified atom stereocenters. The van der Waals surface area contributed by atoms with Gasteiger partial charge >= 0.3 is 6.18 Å². The summed E-state index contributed by atoms with van der Waals surface area (Å²) in [7, 11) is 1.56. The van der Waals surface area contributed by atoms with E-state index in [4.69, 9.17) is 23.2 Å². The number of rotatable bonds is 5. The Morgan fingerprint density at radius 1 is 1.17 bits per heavy atom. The first-order valence-corrected chi connectivity index (χ1v) is 9.87. The SMILES string of the molecule is CN(C(=O)c1ncc(Cl)cc1NSc1ccc(Cl)c(C(F)(F)F)c1)c1cccnc1. The molecule has 30 heavy (non-hydrogen) atoms. The summed E-state index contributed by atoms with van der Waals surface area (Å²) in [5, 5.41) is -0.143. The number of benzene rings is 1. The molecule has 2 aromatic heterocycles. The minimum Gasteiger partial charge on any atom is -0.324 e. The molecule has 0 aliphatic carbocycles. The average Bonchev–Trinajstić information content (AvgIpc) is 2.72. The second kappa shape index (κ2) is 9.11. The van der Waals surface area contributed by atoms with Crippen molar-refractivity contribution in [3.63, 3.8) is 0 Å². The van der Waals surface area contributed by atoms with Crippen LogP contribution in [0.4, 0.5) is 24.5 Å². The molecule has 1 N–H and O–H groups in total. The highest BCUT2D eigenvalue weighted by atomic mass is 35.5. The van der Waals surface area contributed by atoms with Crippen LogP contribution >= 0.6 is 35.1 Å². The van der Waals surface area contributed by atoms with Gasteiger partial charge in [-0.3, -0.25) is 9.78 Å². The molecule has 156 valence electrons. The number of halogens is 5. The second-order valence-electron chi connectivity index (χ2n) is 5.97. The molecule has 3 rings (SSSR count). The van der Waals surface area contributed by atoms with E-state index in [1.807, 2.05) is 0 Å². The third kappa shape index (κ3) is 5.16. The maximum atomic E-state index is 13.1. The summed E-state index contributed by atoms with van der Waals surface area (Å²) < 4.78 is 42.1. The van der Waals surface area contributed by atoms with Crippen molar-refractivity contribution in [3.8, 4) is 0 Å². The summed E-state index contributed by atoms with van der Waals surface area (Å²) in [6.07, 6.45) is -0.181. The zero-order chi connectivity index (χ0) is 21.9. The van der Waals surface area contributed by atoms with Crippen LogP contribution in [0, 0.1) is 0 Å². The topological polar surface area (TPSA) is 58.1 Å². The lowest BCUT2D eigenvalue weighted by atomic mass is 10.2. The Bertz CT molecular complexity index is 1070. The molecular weight excluding hydrogens is 460 g/mol. The van der Waals surface area contributed by atoms with E-state index in [9.17, 15) is 18.0 Å². The molecule has 0 aliphatic heterocycles. The van der Waals surface area contributed by atoms with E-state index in [0.29, 0.717) is 5.69 Å². The van der Waals surface area contributed by atoms with Gasteiger partial charge in [0.1, 0.15) is 0 Å². The number of alkyl halides is 3. The first kappa shape index (κ1) is 22.2. The van der Waals surface area contributed by atoms with Gasteiger partial charge < -0.3 is 9.62 Å². The van der Waals surface area contributed by atoms with Crippen LogP contribution in [0.2, 0.25) is 10.0 Å². The molecule has 3 aromatic rings. The van der Waals surface area contributed by atoms with Crippen molar-refractivity contribution in [2.45, 2.75) is 11.1 Å². The predicted octanol–water partition coefficient (Wildman–Crippen LogP) is 6.20. The van der Waals surface area contributed by atoms with E-state index in [1.165, 1.54) is 29.4 Å². The highest BCUT2D eigenvalue weighted by Gasteiger charge is 2.33. The molecule has 2 heterocycles. The van der Waals surface area contributed by atoms with Gasteiger partial charge in [0, 0.05) is 24.3 Å². The number of nitrogens with zero attached hydrogens (tertiary/aromatic N) is 3. The Labute approximate surface area is 184 Å². The maximum absolute atomic E-state index is 13.1. The number of amides is 1. The van der Waals surface area contributed by atoms with Crippen molar-refractivity contribution in [1.29, 1.82) is 0 Å². The number of hydrogen-bond donors (Lipinski definition) is 1. The summed E-state index contributed by atoms with van der Waals surface area (Å²) in [5.74, 6) is -0.449. The third-order valence-electron chi connectivity index (χ3n) is 3.92. The van der Waals surface area contributed by atoms with Gasteiger partial charge in [-0.1, -0.05) is 23.2 Å². The molecule has 0 bridgehead atoms. The van der Waals surface area contributed by atoms with Gasteiger partial charge in [-0.15, -0.1) is 0 Å². The predicted molar refractivity (Wildman–Crippen MR) is 112 cm³/mol. The quantitative estimate of drug-likeness (QED) is 0.448. The van der Waals surface area contributed by atoms with Crippen LogP contribution < -0.4 is 9.62 Å². The molecule has 1 amide bonds. The molecule has 0 fully saturated rings. The van der Waals surface area contributed by atoms with Gasteiger partial charge in [-0.05, 0) is 48.3 Å². The first-order chi connectivity index (χ1) is 14.2. The normalized spacial score (nSPS) is 11.3. The Kier molecular flexibility index (Phi) is 6.74.